The molecule has 0 unspecified atom stereocenters. The highest BCUT2D eigenvalue weighted by Gasteiger charge is 2.17. The van der Waals surface area contributed by atoms with Crippen molar-refractivity contribution in [1.82, 2.24) is 9.55 Å². The third-order valence-corrected chi connectivity index (χ3v) is 3.50. The average Bonchev–Trinajstić information content (AvgIpc) is 2.99. The van der Waals surface area contributed by atoms with E-state index in [1.54, 1.807) is 6.20 Å². The summed E-state index contributed by atoms with van der Waals surface area (Å²) in [5, 5.41) is 3.73. The van der Waals surface area contributed by atoms with Gasteiger partial charge in [-0.1, -0.05) is 26.0 Å². The Hall–Kier alpha value is -2.56. The first-order valence-corrected chi connectivity index (χ1v) is 8.75. The predicted molar refractivity (Wildman–Crippen MR) is 104 cm³/mol. The molecule has 0 fully saturated rings. The van der Waals surface area contributed by atoms with Crippen molar-refractivity contribution in [1.29, 1.82) is 0 Å². The number of ether oxygens (including phenoxy) is 1. The molecule has 1 amide bonds. The van der Waals surface area contributed by atoms with Crippen LogP contribution in [0.5, 0.6) is 0 Å². The van der Waals surface area contributed by atoms with Gasteiger partial charge in [0, 0.05) is 29.5 Å². The Morgan fingerprint density at radius 3 is 2.72 bits per heavy atom. The smallest absolute Gasteiger partial charge is 0.413 e. The maximum Gasteiger partial charge on any atom is 0.413 e. The highest BCUT2D eigenvalue weighted by molar-refractivity contribution is 5.89. The number of rotatable bonds is 2. The number of allylic oxidation sites excluding steroid dienone is 4. The van der Waals surface area contributed by atoms with Gasteiger partial charge in [-0.05, 0) is 45.8 Å². The SMILES string of the molecule is CC.CC(C)(C)OC(=O)Nc1cc2c(ccn2C2=CC=CCC2)cn1. The number of nitrogens with one attached hydrogen (secondary N) is 1. The summed E-state index contributed by atoms with van der Waals surface area (Å²) >= 11 is 0. The van der Waals surface area contributed by atoms with Crippen LogP contribution in [0.2, 0.25) is 0 Å². The van der Waals surface area contributed by atoms with E-state index in [-0.39, 0.29) is 0 Å². The van der Waals surface area contributed by atoms with E-state index in [4.69, 9.17) is 4.74 Å². The van der Waals surface area contributed by atoms with Crippen LogP contribution in [0.1, 0.15) is 47.5 Å². The van der Waals surface area contributed by atoms with Crippen molar-refractivity contribution < 1.29 is 9.53 Å². The Labute approximate surface area is 149 Å². The van der Waals surface area contributed by atoms with E-state index in [1.807, 2.05) is 52.9 Å². The van der Waals surface area contributed by atoms with Crippen molar-refractivity contribution in [2.75, 3.05) is 5.32 Å². The quantitative estimate of drug-likeness (QED) is 0.773. The topological polar surface area (TPSA) is 56.1 Å². The minimum atomic E-state index is -0.534. The van der Waals surface area contributed by atoms with Crippen LogP contribution in [0.3, 0.4) is 0 Å². The van der Waals surface area contributed by atoms with Crippen molar-refractivity contribution >= 4 is 28.5 Å². The third-order valence-electron chi connectivity index (χ3n) is 3.50. The minimum absolute atomic E-state index is 0.485. The van der Waals surface area contributed by atoms with Crippen LogP contribution in [0.4, 0.5) is 10.6 Å². The molecule has 1 aliphatic carbocycles. The summed E-state index contributed by atoms with van der Waals surface area (Å²) in [7, 11) is 0. The fraction of sp³-hybridized carbons (Fsp3) is 0.400. The van der Waals surface area contributed by atoms with Gasteiger partial charge in [0.25, 0.3) is 0 Å². The van der Waals surface area contributed by atoms with Gasteiger partial charge >= 0.3 is 6.09 Å². The summed E-state index contributed by atoms with van der Waals surface area (Å²) in [6, 6.07) is 3.90. The van der Waals surface area contributed by atoms with E-state index in [9.17, 15) is 4.79 Å². The second kappa shape index (κ2) is 8.01. The molecule has 1 aliphatic rings. The molecule has 2 heterocycles. The zero-order chi connectivity index (χ0) is 18.4. The molecule has 2 aromatic rings. The molecule has 0 atom stereocenters. The van der Waals surface area contributed by atoms with E-state index in [0.717, 1.165) is 23.7 Å². The summed E-state index contributed by atoms with van der Waals surface area (Å²) < 4.78 is 7.40. The third kappa shape index (κ3) is 4.95. The van der Waals surface area contributed by atoms with Gasteiger partial charge in [-0.15, -0.1) is 0 Å². The summed E-state index contributed by atoms with van der Waals surface area (Å²) in [6.07, 6.45) is 11.7. The van der Waals surface area contributed by atoms with E-state index >= 15 is 0 Å². The molecule has 0 radical (unpaired) electrons. The van der Waals surface area contributed by atoms with Crippen LogP contribution in [0.25, 0.3) is 16.6 Å². The first-order valence-electron chi connectivity index (χ1n) is 8.75. The van der Waals surface area contributed by atoms with Gasteiger partial charge in [0.1, 0.15) is 11.4 Å². The molecule has 2 aromatic heterocycles. The van der Waals surface area contributed by atoms with Crippen LogP contribution < -0.4 is 5.32 Å². The Kier molecular flexibility index (Phi) is 6.02. The largest absolute Gasteiger partial charge is 0.444 e. The highest BCUT2D eigenvalue weighted by atomic mass is 16.6. The molecule has 3 rings (SSSR count). The molecule has 0 aromatic carbocycles. The summed E-state index contributed by atoms with van der Waals surface area (Å²) in [4.78, 5) is 16.2. The second-order valence-corrected chi connectivity index (χ2v) is 6.57. The monoisotopic (exact) mass is 341 g/mol. The van der Waals surface area contributed by atoms with Gasteiger partial charge in [0.2, 0.25) is 0 Å². The van der Waals surface area contributed by atoms with Crippen molar-refractivity contribution in [3.8, 4) is 0 Å². The number of aromatic nitrogens is 2. The second-order valence-electron chi connectivity index (χ2n) is 6.57. The normalized spacial score (nSPS) is 13.7. The summed E-state index contributed by atoms with van der Waals surface area (Å²) in [6.45, 7) is 9.49. The van der Waals surface area contributed by atoms with Crippen molar-refractivity contribution in [3.05, 3.63) is 42.8 Å². The minimum Gasteiger partial charge on any atom is -0.444 e. The van der Waals surface area contributed by atoms with Crippen molar-refractivity contribution in [3.63, 3.8) is 0 Å². The van der Waals surface area contributed by atoms with Gasteiger partial charge < -0.3 is 9.30 Å². The van der Waals surface area contributed by atoms with Gasteiger partial charge in [-0.25, -0.2) is 9.78 Å². The fourth-order valence-corrected chi connectivity index (χ4v) is 2.55. The van der Waals surface area contributed by atoms with Crippen LogP contribution >= 0.6 is 0 Å². The first kappa shape index (κ1) is 18.8. The number of hydrogen-bond donors (Lipinski definition) is 1. The van der Waals surface area contributed by atoms with Gasteiger partial charge in [-0.3, -0.25) is 5.32 Å². The number of hydrogen-bond acceptors (Lipinski definition) is 3. The van der Waals surface area contributed by atoms with Gasteiger partial charge in [-0.2, -0.15) is 0 Å². The Morgan fingerprint density at radius 1 is 1.32 bits per heavy atom. The number of anilines is 1. The zero-order valence-electron chi connectivity index (χ0n) is 15.7. The van der Waals surface area contributed by atoms with Crippen LogP contribution in [-0.2, 0) is 4.74 Å². The van der Waals surface area contributed by atoms with Crippen LogP contribution in [0, 0.1) is 0 Å². The molecule has 5 heteroatoms. The molecule has 134 valence electrons. The molecule has 0 saturated heterocycles. The van der Waals surface area contributed by atoms with Crippen LogP contribution in [0.15, 0.2) is 42.8 Å². The average molecular weight is 341 g/mol. The maximum atomic E-state index is 11.9. The molecule has 0 aliphatic heterocycles. The first-order chi connectivity index (χ1) is 11.9. The molecular weight excluding hydrogens is 314 g/mol. The lowest BCUT2D eigenvalue weighted by Gasteiger charge is -2.19. The highest BCUT2D eigenvalue weighted by Crippen LogP contribution is 2.25. The molecule has 0 saturated carbocycles. The number of nitrogens with zero attached hydrogens (tertiary/aromatic N) is 2. The standard InChI is InChI=1S/C18H21N3O2.C2H6/c1-18(2,3)23-17(22)20-16-11-15-13(12-19-16)9-10-21(15)14-7-5-4-6-8-14;1-2/h4-5,7,9-12H,6,8H2,1-3H3,(H,19,20,22);1-2H3. The summed E-state index contributed by atoms with van der Waals surface area (Å²) in [5.41, 5.74) is 1.72. The molecular formula is C20H27N3O2. The lowest BCUT2D eigenvalue weighted by molar-refractivity contribution is 0.0635. The predicted octanol–water partition coefficient (Wildman–Crippen LogP) is 5.60. The number of pyridine rings is 1. The van der Waals surface area contributed by atoms with Gasteiger partial charge in [0.15, 0.2) is 0 Å². The molecule has 0 spiro atoms. The number of carbonyl (C=O) groups is 1. The Balaban J connectivity index is 0.00000109. The fourth-order valence-electron chi connectivity index (χ4n) is 2.55. The molecule has 0 bridgehead atoms. The van der Waals surface area contributed by atoms with Crippen LogP contribution in [-0.4, -0.2) is 21.2 Å². The van der Waals surface area contributed by atoms with E-state index in [0.29, 0.717) is 5.82 Å². The molecule has 5 nitrogen and oxygen atoms in total. The molecule has 1 N–H and O–H groups in total. The molecule has 25 heavy (non-hydrogen) atoms. The zero-order valence-corrected chi connectivity index (χ0v) is 15.7. The number of amides is 1. The maximum absolute atomic E-state index is 11.9. The summed E-state index contributed by atoms with van der Waals surface area (Å²) in [5.74, 6) is 0.485. The van der Waals surface area contributed by atoms with Crippen molar-refractivity contribution in [2.24, 2.45) is 0 Å². The number of fused-ring (bicyclic) bond motifs is 1. The van der Waals surface area contributed by atoms with Gasteiger partial charge in [0.05, 0.1) is 5.52 Å². The van der Waals surface area contributed by atoms with E-state index in [1.165, 1.54) is 5.70 Å². The van der Waals surface area contributed by atoms with E-state index in [2.05, 4.69) is 33.1 Å². The van der Waals surface area contributed by atoms with Crippen molar-refractivity contribution in [2.45, 2.75) is 53.1 Å². The Bertz CT molecular complexity index is 795. The lowest BCUT2D eigenvalue weighted by Crippen LogP contribution is -2.27. The van der Waals surface area contributed by atoms with E-state index < -0.39 is 11.7 Å². The number of carbonyl (C=O) groups excluding carboxylic acids is 1. The lowest BCUT2D eigenvalue weighted by atomic mass is 10.1. The Morgan fingerprint density at radius 2 is 2.08 bits per heavy atom.